The van der Waals surface area contributed by atoms with Crippen LogP contribution in [0, 0.1) is 5.92 Å². The molecule has 19 heavy (non-hydrogen) atoms. The summed E-state index contributed by atoms with van der Waals surface area (Å²) in [5.41, 5.74) is -0.00727. The Morgan fingerprint density at radius 3 is 2.53 bits per heavy atom. The number of ether oxygens (including phenoxy) is 1. The molecule has 0 aromatic heterocycles. The second kappa shape index (κ2) is 6.59. The highest BCUT2D eigenvalue weighted by Crippen LogP contribution is 2.23. The molecular formula is C12H14Cl2O4S. The summed E-state index contributed by atoms with van der Waals surface area (Å²) < 4.78 is 27.4. The van der Waals surface area contributed by atoms with E-state index in [4.69, 9.17) is 27.0 Å². The van der Waals surface area contributed by atoms with Gasteiger partial charge in [0.25, 0.3) is 9.05 Å². The van der Waals surface area contributed by atoms with Gasteiger partial charge in [0.05, 0.1) is 22.1 Å². The topological polar surface area (TPSA) is 60.4 Å². The van der Waals surface area contributed by atoms with Gasteiger partial charge in [0.15, 0.2) is 0 Å². The molecule has 0 atom stereocenters. The number of carbonyl (C=O) groups is 1. The smallest absolute Gasteiger partial charge is 0.339 e. The Labute approximate surface area is 122 Å². The number of rotatable bonds is 5. The van der Waals surface area contributed by atoms with Gasteiger partial charge in [-0.3, -0.25) is 0 Å². The van der Waals surface area contributed by atoms with E-state index in [9.17, 15) is 13.2 Å². The molecule has 0 saturated carbocycles. The van der Waals surface area contributed by atoms with E-state index in [2.05, 4.69) is 0 Å². The highest BCUT2D eigenvalue weighted by molar-refractivity contribution is 8.13. The molecule has 0 radical (unpaired) electrons. The Morgan fingerprint density at radius 1 is 1.37 bits per heavy atom. The van der Waals surface area contributed by atoms with Crippen LogP contribution in [0.25, 0.3) is 0 Å². The van der Waals surface area contributed by atoms with Gasteiger partial charge in [-0.15, -0.1) is 0 Å². The van der Waals surface area contributed by atoms with Crippen molar-refractivity contribution in [2.75, 3.05) is 6.61 Å². The van der Waals surface area contributed by atoms with Crippen molar-refractivity contribution >= 4 is 37.3 Å². The molecule has 0 heterocycles. The summed E-state index contributed by atoms with van der Waals surface area (Å²) in [5, 5.41) is 0.124. The first-order chi connectivity index (χ1) is 8.71. The average molecular weight is 325 g/mol. The van der Waals surface area contributed by atoms with Crippen LogP contribution in [0.2, 0.25) is 5.02 Å². The predicted molar refractivity (Wildman–Crippen MR) is 74.2 cm³/mol. The van der Waals surface area contributed by atoms with E-state index in [1.54, 1.807) is 0 Å². The first kappa shape index (κ1) is 16.3. The van der Waals surface area contributed by atoms with Crippen LogP contribution in [0.15, 0.2) is 23.1 Å². The predicted octanol–water partition coefficient (Wildman–Crippen LogP) is 3.47. The van der Waals surface area contributed by atoms with Gasteiger partial charge in [-0.1, -0.05) is 25.4 Å². The number of esters is 1. The van der Waals surface area contributed by atoms with Crippen LogP contribution < -0.4 is 0 Å². The van der Waals surface area contributed by atoms with E-state index in [1.807, 2.05) is 13.8 Å². The molecule has 0 aliphatic rings. The van der Waals surface area contributed by atoms with Crippen molar-refractivity contribution in [1.82, 2.24) is 0 Å². The lowest BCUT2D eigenvalue weighted by molar-refractivity contribution is 0.0488. The van der Waals surface area contributed by atoms with Gasteiger partial charge in [-0.05, 0) is 30.5 Å². The number of carbonyl (C=O) groups excluding carboxylic acids is 1. The number of benzene rings is 1. The maximum absolute atomic E-state index is 11.8. The molecule has 0 spiro atoms. The number of hydrogen-bond donors (Lipinski definition) is 0. The standard InChI is InChI=1S/C12H14Cl2O4S/c1-8(2)5-6-18-12(15)10-7-9(19(14,16)17)3-4-11(10)13/h3-4,7-8H,5-6H2,1-2H3. The van der Waals surface area contributed by atoms with Crippen molar-refractivity contribution in [2.24, 2.45) is 5.92 Å². The van der Waals surface area contributed by atoms with Crippen LogP contribution in [-0.4, -0.2) is 21.0 Å². The summed E-state index contributed by atoms with van der Waals surface area (Å²) in [6, 6.07) is 3.65. The number of hydrogen-bond acceptors (Lipinski definition) is 4. The van der Waals surface area contributed by atoms with Crippen LogP contribution in [0.4, 0.5) is 0 Å². The first-order valence-corrected chi connectivity index (χ1v) is 8.32. The van der Waals surface area contributed by atoms with Crippen molar-refractivity contribution < 1.29 is 17.9 Å². The van der Waals surface area contributed by atoms with Crippen molar-refractivity contribution in [3.8, 4) is 0 Å². The van der Waals surface area contributed by atoms with E-state index in [0.29, 0.717) is 5.92 Å². The molecule has 4 nitrogen and oxygen atoms in total. The van der Waals surface area contributed by atoms with E-state index in [-0.39, 0.29) is 22.1 Å². The van der Waals surface area contributed by atoms with E-state index < -0.39 is 15.0 Å². The summed E-state index contributed by atoms with van der Waals surface area (Å²) in [5.74, 6) is -0.259. The maximum Gasteiger partial charge on any atom is 0.339 e. The molecule has 0 unspecified atom stereocenters. The molecule has 0 amide bonds. The molecule has 0 aliphatic carbocycles. The average Bonchev–Trinajstić information content (AvgIpc) is 2.27. The zero-order valence-corrected chi connectivity index (χ0v) is 12.8. The zero-order valence-electron chi connectivity index (χ0n) is 10.5. The van der Waals surface area contributed by atoms with Gasteiger partial charge < -0.3 is 4.74 Å². The van der Waals surface area contributed by atoms with Crippen LogP contribution in [0.5, 0.6) is 0 Å². The molecule has 0 fully saturated rings. The third-order valence-electron chi connectivity index (χ3n) is 2.37. The van der Waals surface area contributed by atoms with Crippen molar-refractivity contribution in [1.29, 1.82) is 0 Å². The lowest BCUT2D eigenvalue weighted by atomic mass is 10.1. The minimum atomic E-state index is -3.90. The second-order valence-corrected chi connectivity index (χ2v) is 7.37. The van der Waals surface area contributed by atoms with Gasteiger partial charge in [-0.25, -0.2) is 13.2 Å². The Balaban J connectivity index is 2.90. The summed E-state index contributed by atoms with van der Waals surface area (Å²) in [6.45, 7) is 4.26. The summed E-state index contributed by atoms with van der Waals surface area (Å²) in [7, 11) is 1.31. The molecule has 1 aromatic rings. The van der Waals surface area contributed by atoms with Gasteiger partial charge in [0, 0.05) is 10.7 Å². The fourth-order valence-corrected chi connectivity index (χ4v) is 2.25. The minimum Gasteiger partial charge on any atom is -0.462 e. The van der Waals surface area contributed by atoms with E-state index >= 15 is 0 Å². The highest BCUT2D eigenvalue weighted by Gasteiger charge is 2.17. The largest absolute Gasteiger partial charge is 0.462 e. The molecule has 0 saturated heterocycles. The van der Waals surface area contributed by atoms with Crippen molar-refractivity contribution in [2.45, 2.75) is 25.2 Å². The van der Waals surface area contributed by atoms with Gasteiger partial charge in [-0.2, -0.15) is 0 Å². The van der Waals surface area contributed by atoms with Crippen LogP contribution >= 0.6 is 22.3 Å². The fraction of sp³-hybridized carbons (Fsp3) is 0.417. The van der Waals surface area contributed by atoms with E-state index in [0.717, 1.165) is 12.5 Å². The van der Waals surface area contributed by atoms with Crippen molar-refractivity contribution in [3.63, 3.8) is 0 Å². The molecule has 1 rings (SSSR count). The molecule has 1 aromatic carbocycles. The maximum atomic E-state index is 11.8. The monoisotopic (exact) mass is 324 g/mol. The normalized spacial score (nSPS) is 11.6. The van der Waals surface area contributed by atoms with Gasteiger partial charge in [0.2, 0.25) is 0 Å². The minimum absolute atomic E-state index is 0.00727. The summed E-state index contributed by atoms with van der Waals surface area (Å²) in [6.07, 6.45) is 0.719. The zero-order chi connectivity index (χ0) is 14.6. The third-order valence-corrected chi connectivity index (χ3v) is 4.05. The van der Waals surface area contributed by atoms with Crippen LogP contribution in [0.1, 0.15) is 30.6 Å². The molecule has 0 N–H and O–H groups in total. The summed E-state index contributed by atoms with van der Waals surface area (Å²) in [4.78, 5) is 11.6. The van der Waals surface area contributed by atoms with Crippen molar-refractivity contribution in [3.05, 3.63) is 28.8 Å². The quantitative estimate of drug-likeness (QED) is 0.614. The van der Waals surface area contributed by atoms with Gasteiger partial charge in [0.1, 0.15) is 0 Å². The lowest BCUT2D eigenvalue weighted by Gasteiger charge is -2.08. The Kier molecular flexibility index (Phi) is 5.64. The SMILES string of the molecule is CC(C)CCOC(=O)c1cc(S(=O)(=O)Cl)ccc1Cl. The molecule has 106 valence electrons. The summed E-state index contributed by atoms with van der Waals surface area (Å²) >= 11 is 5.84. The molecule has 0 bridgehead atoms. The first-order valence-electron chi connectivity index (χ1n) is 5.63. The number of halogens is 2. The van der Waals surface area contributed by atoms with E-state index in [1.165, 1.54) is 12.1 Å². The Morgan fingerprint density at radius 2 is 2.00 bits per heavy atom. The van der Waals surface area contributed by atoms with Crippen LogP contribution in [-0.2, 0) is 13.8 Å². The Hall–Kier alpha value is -0.780. The highest BCUT2D eigenvalue weighted by atomic mass is 35.7. The Bertz CT molecular complexity index is 567. The van der Waals surface area contributed by atoms with Crippen LogP contribution in [0.3, 0.4) is 0 Å². The van der Waals surface area contributed by atoms with Gasteiger partial charge >= 0.3 is 5.97 Å². The fourth-order valence-electron chi connectivity index (χ4n) is 1.28. The third kappa shape index (κ3) is 5.01. The molecular weight excluding hydrogens is 311 g/mol. The lowest BCUT2D eigenvalue weighted by Crippen LogP contribution is -2.09. The molecule has 7 heteroatoms. The molecule has 0 aliphatic heterocycles. The second-order valence-electron chi connectivity index (χ2n) is 4.40.